The maximum atomic E-state index is 12.7. The van der Waals surface area contributed by atoms with E-state index in [0.29, 0.717) is 40.5 Å². The molecule has 0 aliphatic carbocycles. The van der Waals surface area contributed by atoms with Crippen LogP contribution in [0.25, 0.3) is 11.1 Å². The number of benzene rings is 2. The lowest BCUT2D eigenvalue weighted by atomic mass is 10.1. The molecule has 2 heterocycles. The molecule has 0 saturated heterocycles. The van der Waals surface area contributed by atoms with Crippen LogP contribution < -0.4 is 0 Å². The van der Waals surface area contributed by atoms with Gasteiger partial charge in [-0.1, -0.05) is 23.7 Å². The molecule has 1 amide bonds. The van der Waals surface area contributed by atoms with Gasteiger partial charge in [-0.2, -0.15) is 5.10 Å². The van der Waals surface area contributed by atoms with E-state index in [1.807, 2.05) is 37.3 Å². The Morgan fingerprint density at radius 1 is 1.18 bits per heavy atom. The number of aromatic amines is 1. The van der Waals surface area contributed by atoms with Crippen LogP contribution in [0.4, 0.5) is 0 Å². The quantitative estimate of drug-likeness (QED) is 0.545. The lowest BCUT2D eigenvalue weighted by Crippen LogP contribution is -2.26. The van der Waals surface area contributed by atoms with Gasteiger partial charge in [-0.3, -0.25) is 9.89 Å². The first-order chi connectivity index (χ1) is 13.5. The Bertz CT molecular complexity index is 1130. The maximum absolute atomic E-state index is 12.7. The third-order valence-electron chi connectivity index (χ3n) is 4.45. The van der Waals surface area contributed by atoms with Crippen LogP contribution in [0.5, 0.6) is 0 Å². The fourth-order valence-electron chi connectivity index (χ4n) is 3.05. The normalized spacial score (nSPS) is 11.1. The number of carbonyl (C=O) groups is 1. The summed E-state index contributed by atoms with van der Waals surface area (Å²) in [5.74, 6) is 0.507. The van der Waals surface area contributed by atoms with Gasteiger partial charge in [-0.25, -0.2) is 4.98 Å². The van der Waals surface area contributed by atoms with E-state index in [2.05, 4.69) is 15.2 Å². The van der Waals surface area contributed by atoms with Crippen LogP contribution in [0.2, 0.25) is 5.02 Å². The average molecular weight is 395 g/mol. The summed E-state index contributed by atoms with van der Waals surface area (Å²) in [6, 6.07) is 14.8. The second-order valence-corrected chi connectivity index (χ2v) is 7.23. The third-order valence-corrected chi connectivity index (χ3v) is 4.70. The summed E-state index contributed by atoms with van der Waals surface area (Å²) in [6.45, 7) is 2.36. The van der Waals surface area contributed by atoms with Gasteiger partial charge in [-0.15, -0.1) is 0 Å². The Balaban J connectivity index is 1.52. The van der Waals surface area contributed by atoms with Gasteiger partial charge in [0.2, 0.25) is 0 Å². The lowest BCUT2D eigenvalue weighted by Gasteiger charge is -2.15. The first-order valence-corrected chi connectivity index (χ1v) is 9.26. The predicted octanol–water partition coefficient (Wildman–Crippen LogP) is 4.38. The fourth-order valence-corrected chi connectivity index (χ4v) is 3.18. The number of hydrogen-bond donors (Lipinski definition) is 1. The van der Waals surface area contributed by atoms with E-state index in [9.17, 15) is 4.79 Å². The molecular weight excluding hydrogens is 376 g/mol. The van der Waals surface area contributed by atoms with Crippen molar-refractivity contribution in [2.75, 3.05) is 7.05 Å². The summed E-state index contributed by atoms with van der Waals surface area (Å²) in [4.78, 5) is 18.9. The highest BCUT2D eigenvalue weighted by atomic mass is 35.5. The van der Waals surface area contributed by atoms with Gasteiger partial charge >= 0.3 is 0 Å². The number of nitrogens with one attached hydrogen (secondary N) is 1. The van der Waals surface area contributed by atoms with Crippen molar-refractivity contribution in [3.05, 3.63) is 82.0 Å². The molecular formula is C21H19ClN4O2. The second kappa shape index (κ2) is 7.48. The van der Waals surface area contributed by atoms with Gasteiger partial charge < -0.3 is 9.32 Å². The molecule has 0 spiro atoms. The van der Waals surface area contributed by atoms with Gasteiger partial charge in [0.1, 0.15) is 5.52 Å². The molecule has 0 radical (unpaired) electrons. The molecule has 0 saturated carbocycles. The Hall–Kier alpha value is -3.12. The van der Waals surface area contributed by atoms with E-state index in [0.717, 1.165) is 17.0 Å². The van der Waals surface area contributed by atoms with E-state index >= 15 is 0 Å². The average Bonchev–Trinajstić information content (AvgIpc) is 3.27. The minimum Gasteiger partial charge on any atom is -0.440 e. The molecule has 1 N–H and O–H groups in total. The number of hydrogen-bond acceptors (Lipinski definition) is 4. The van der Waals surface area contributed by atoms with Crippen molar-refractivity contribution >= 4 is 28.6 Å². The van der Waals surface area contributed by atoms with Crippen molar-refractivity contribution in [3.63, 3.8) is 0 Å². The largest absolute Gasteiger partial charge is 0.440 e. The Kier molecular flexibility index (Phi) is 4.88. The Labute approximate surface area is 167 Å². The SMILES string of the molecule is Cc1cc(CN(C)C(=O)c2ccc3oc(Cc4ccc(Cl)cc4)nc3c2)n[nH]1. The zero-order valence-electron chi connectivity index (χ0n) is 15.6. The van der Waals surface area contributed by atoms with Crippen LogP contribution in [0, 0.1) is 6.92 Å². The van der Waals surface area contributed by atoms with Gasteiger partial charge in [0.25, 0.3) is 5.91 Å². The minimum atomic E-state index is -0.0928. The van der Waals surface area contributed by atoms with Crippen molar-refractivity contribution in [1.82, 2.24) is 20.1 Å². The van der Waals surface area contributed by atoms with E-state index in [1.165, 1.54) is 0 Å². The third kappa shape index (κ3) is 3.92. The predicted molar refractivity (Wildman–Crippen MR) is 107 cm³/mol. The number of aryl methyl sites for hydroxylation is 1. The Morgan fingerprint density at radius 3 is 2.68 bits per heavy atom. The molecule has 2 aromatic heterocycles. The van der Waals surface area contributed by atoms with Gasteiger partial charge in [0.05, 0.1) is 12.2 Å². The van der Waals surface area contributed by atoms with Crippen molar-refractivity contribution in [3.8, 4) is 0 Å². The molecule has 7 heteroatoms. The van der Waals surface area contributed by atoms with Crippen molar-refractivity contribution in [1.29, 1.82) is 0 Å². The topological polar surface area (TPSA) is 75.0 Å². The van der Waals surface area contributed by atoms with E-state index < -0.39 is 0 Å². The number of H-pyrrole nitrogens is 1. The number of carbonyl (C=O) groups excluding carboxylic acids is 1. The summed E-state index contributed by atoms with van der Waals surface area (Å²) in [7, 11) is 1.76. The molecule has 0 atom stereocenters. The zero-order valence-corrected chi connectivity index (χ0v) is 16.3. The number of aromatic nitrogens is 3. The maximum Gasteiger partial charge on any atom is 0.254 e. The van der Waals surface area contributed by atoms with Crippen molar-refractivity contribution in [2.24, 2.45) is 0 Å². The molecule has 6 nitrogen and oxygen atoms in total. The first kappa shape index (κ1) is 18.3. The van der Waals surface area contributed by atoms with Crippen LogP contribution in [-0.4, -0.2) is 33.0 Å². The molecule has 142 valence electrons. The number of oxazole rings is 1. The molecule has 4 rings (SSSR count). The highest BCUT2D eigenvalue weighted by Crippen LogP contribution is 2.21. The monoisotopic (exact) mass is 394 g/mol. The second-order valence-electron chi connectivity index (χ2n) is 6.80. The fraction of sp³-hybridized carbons (Fsp3) is 0.190. The number of halogens is 1. The number of amides is 1. The molecule has 0 aliphatic rings. The number of nitrogens with zero attached hydrogens (tertiary/aromatic N) is 3. The lowest BCUT2D eigenvalue weighted by molar-refractivity contribution is 0.0783. The molecule has 0 fully saturated rings. The van der Waals surface area contributed by atoms with Crippen LogP contribution >= 0.6 is 11.6 Å². The first-order valence-electron chi connectivity index (χ1n) is 8.88. The number of rotatable bonds is 5. The van der Waals surface area contributed by atoms with Crippen molar-refractivity contribution < 1.29 is 9.21 Å². The summed E-state index contributed by atoms with van der Waals surface area (Å²) < 4.78 is 5.81. The molecule has 0 bridgehead atoms. The molecule has 0 unspecified atom stereocenters. The van der Waals surface area contributed by atoms with E-state index in [1.54, 1.807) is 30.1 Å². The zero-order chi connectivity index (χ0) is 19.7. The number of fused-ring (bicyclic) bond motifs is 1. The van der Waals surface area contributed by atoms with Gasteiger partial charge in [0.15, 0.2) is 11.5 Å². The molecule has 0 aliphatic heterocycles. The Morgan fingerprint density at radius 2 is 1.96 bits per heavy atom. The van der Waals surface area contributed by atoms with E-state index in [-0.39, 0.29) is 5.91 Å². The summed E-state index contributed by atoms with van der Waals surface area (Å²) in [6.07, 6.45) is 0.563. The summed E-state index contributed by atoms with van der Waals surface area (Å²) >= 11 is 5.92. The van der Waals surface area contributed by atoms with Crippen LogP contribution in [0.3, 0.4) is 0 Å². The highest BCUT2D eigenvalue weighted by molar-refractivity contribution is 6.30. The van der Waals surface area contributed by atoms with E-state index in [4.69, 9.17) is 16.0 Å². The standard InChI is InChI=1S/C21H19ClN4O2/c1-13-9-17(25-24-13)12-26(2)21(27)15-5-8-19-18(11-15)23-20(28-19)10-14-3-6-16(22)7-4-14/h3-9,11H,10,12H2,1-2H3,(H,24,25). The van der Waals surface area contributed by atoms with Crippen LogP contribution in [0.1, 0.15) is 33.2 Å². The van der Waals surface area contributed by atoms with Crippen LogP contribution in [-0.2, 0) is 13.0 Å². The summed E-state index contributed by atoms with van der Waals surface area (Å²) in [5.41, 5.74) is 4.73. The minimum absolute atomic E-state index is 0.0928. The van der Waals surface area contributed by atoms with Gasteiger partial charge in [-0.05, 0) is 48.9 Å². The smallest absolute Gasteiger partial charge is 0.254 e. The van der Waals surface area contributed by atoms with Crippen molar-refractivity contribution in [2.45, 2.75) is 19.9 Å². The highest BCUT2D eigenvalue weighted by Gasteiger charge is 2.16. The molecule has 4 aromatic rings. The summed E-state index contributed by atoms with van der Waals surface area (Å²) in [5, 5.41) is 7.75. The molecule has 28 heavy (non-hydrogen) atoms. The molecule has 2 aromatic carbocycles. The van der Waals surface area contributed by atoms with Gasteiger partial charge in [0, 0.05) is 29.7 Å². The van der Waals surface area contributed by atoms with Crippen LogP contribution in [0.15, 0.2) is 52.9 Å².